The molecule has 0 radical (unpaired) electrons. The number of halogens is 3. The highest BCUT2D eigenvalue weighted by Crippen LogP contribution is 2.24. The molecule has 0 aromatic heterocycles. The quantitative estimate of drug-likeness (QED) is 0.836. The third-order valence-corrected chi connectivity index (χ3v) is 4.43. The number of rotatable bonds is 6. The smallest absolute Gasteiger partial charge is 0.406 e. The van der Waals surface area contributed by atoms with E-state index in [0.717, 1.165) is 24.3 Å². The fraction of sp³-hybridized carbons (Fsp3) is 0.500. The van der Waals surface area contributed by atoms with Crippen LogP contribution in [0.2, 0.25) is 0 Å². The molecule has 0 saturated carbocycles. The van der Waals surface area contributed by atoms with Gasteiger partial charge >= 0.3 is 6.36 Å². The Balaban J connectivity index is 2.85. The minimum atomic E-state index is -4.83. The van der Waals surface area contributed by atoms with Gasteiger partial charge in [-0.25, -0.2) is 13.1 Å². The van der Waals surface area contributed by atoms with E-state index in [1.807, 2.05) is 0 Å². The Kier molecular flexibility index (Phi) is 5.60. The van der Waals surface area contributed by atoms with Gasteiger partial charge in [-0.2, -0.15) is 0 Å². The lowest BCUT2D eigenvalue weighted by molar-refractivity contribution is -0.274. The average Bonchev–Trinajstić information content (AvgIpc) is 2.35. The third-order valence-electron chi connectivity index (χ3n) is 2.85. The monoisotopic (exact) mass is 327 g/mol. The number of sulfonamides is 1. The second kappa shape index (κ2) is 6.63. The molecular weight excluding hydrogens is 311 g/mol. The second-order valence-electron chi connectivity index (χ2n) is 4.59. The Labute approximate surface area is 120 Å². The van der Waals surface area contributed by atoms with E-state index in [0.29, 0.717) is 0 Å². The summed E-state index contributed by atoms with van der Waals surface area (Å²) in [5, 5.41) is 8.96. The van der Waals surface area contributed by atoms with Crippen LogP contribution in [0.15, 0.2) is 29.2 Å². The van der Waals surface area contributed by atoms with E-state index in [4.69, 9.17) is 5.11 Å². The van der Waals surface area contributed by atoms with E-state index in [1.54, 1.807) is 13.8 Å². The van der Waals surface area contributed by atoms with Gasteiger partial charge < -0.3 is 9.84 Å². The molecule has 1 rings (SSSR count). The van der Waals surface area contributed by atoms with Crippen LogP contribution >= 0.6 is 0 Å². The summed E-state index contributed by atoms with van der Waals surface area (Å²) >= 11 is 0. The van der Waals surface area contributed by atoms with Crippen molar-refractivity contribution >= 4 is 10.0 Å². The van der Waals surface area contributed by atoms with Crippen LogP contribution in [0.5, 0.6) is 5.75 Å². The van der Waals surface area contributed by atoms with Crippen LogP contribution in [0.4, 0.5) is 13.2 Å². The number of hydrogen-bond donors (Lipinski definition) is 2. The highest BCUT2D eigenvalue weighted by molar-refractivity contribution is 7.89. The first kappa shape index (κ1) is 17.7. The number of aliphatic hydroxyl groups is 1. The first-order chi connectivity index (χ1) is 9.55. The van der Waals surface area contributed by atoms with E-state index in [1.165, 1.54) is 0 Å². The fourth-order valence-corrected chi connectivity index (χ4v) is 2.76. The Morgan fingerprint density at radius 2 is 1.76 bits per heavy atom. The molecule has 120 valence electrons. The van der Waals surface area contributed by atoms with Crippen molar-refractivity contribution in [2.45, 2.75) is 31.1 Å². The van der Waals surface area contributed by atoms with Gasteiger partial charge in [-0.3, -0.25) is 0 Å². The zero-order chi connectivity index (χ0) is 16.3. The Morgan fingerprint density at radius 3 is 2.19 bits per heavy atom. The van der Waals surface area contributed by atoms with Crippen LogP contribution in [0.3, 0.4) is 0 Å². The van der Waals surface area contributed by atoms with Gasteiger partial charge in [0, 0.05) is 12.6 Å². The maximum absolute atomic E-state index is 12.0. The number of alkyl halides is 3. The van der Waals surface area contributed by atoms with Gasteiger partial charge in [-0.15, -0.1) is 13.2 Å². The molecule has 2 N–H and O–H groups in total. The molecule has 0 spiro atoms. The summed E-state index contributed by atoms with van der Waals surface area (Å²) in [7, 11) is -3.87. The first-order valence-electron chi connectivity index (χ1n) is 6.04. The SMILES string of the molecule is CC(CO)C(C)NS(=O)(=O)c1ccc(OC(F)(F)F)cc1. The summed E-state index contributed by atoms with van der Waals surface area (Å²) in [6.45, 7) is 3.05. The molecule has 0 bridgehead atoms. The Bertz CT molecular complexity index is 557. The maximum atomic E-state index is 12.0. The molecule has 5 nitrogen and oxygen atoms in total. The zero-order valence-electron chi connectivity index (χ0n) is 11.4. The normalized spacial score (nSPS) is 15.5. The minimum absolute atomic E-state index is 0.186. The summed E-state index contributed by atoms with van der Waals surface area (Å²) in [4.78, 5) is -0.186. The van der Waals surface area contributed by atoms with Crippen molar-refractivity contribution in [1.82, 2.24) is 4.72 Å². The second-order valence-corrected chi connectivity index (χ2v) is 6.30. The highest BCUT2D eigenvalue weighted by Gasteiger charge is 2.31. The molecule has 0 aliphatic rings. The maximum Gasteiger partial charge on any atom is 0.573 e. The zero-order valence-corrected chi connectivity index (χ0v) is 12.2. The average molecular weight is 327 g/mol. The van der Waals surface area contributed by atoms with Gasteiger partial charge in [-0.1, -0.05) is 6.92 Å². The predicted octanol–water partition coefficient (Wildman–Crippen LogP) is 1.88. The Hall–Kier alpha value is -1.32. The lowest BCUT2D eigenvalue weighted by Gasteiger charge is -2.19. The molecule has 0 aliphatic carbocycles. The van der Waals surface area contributed by atoms with Crippen molar-refractivity contribution in [2.24, 2.45) is 5.92 Å². The van der Waals surface area contributed by atoms with Crippen molar-refractivity contribution in [2.75, 3.05) is 6.61 Å². The van der Waals surface area contributed by atoms with Gasteiger partial charge in [0.15, 0.2) is 0 Å². The van der Waals surface area contributed by atoms with Gasteiger partial charge in [0.2, 0.25) is 10.0 Å². The molecule has 0 amide bonds. The van der Waals surface area contributed by atoms with Crippen LogP contribution in [0, 0.1) is 5.92 Å². The van der Waals surface area contributed by atoms with Gasteiger partial charge in [-0.05, 0) is 37.1 Å². The number of aliphatic hydroxyl groups excluding tert-OH is 1. The first-order valence-corrected chi connectivity index (χ1v) is 7.52. The van der Waals surface area contributed by atoms with Gasteiger partial charge in [0.25, 0.3) is 0 Å². The van der Waals surface area contributed by atoms with E-state index < -0.39 is 28.2 Å². The molecule has 1 aromatic rings. The lowest BCUT2D eigenvalue weighted by atomic mass is 10.1. The van der Waals surface area contributed by atoms with Crippen molar-refractivity contribution in [1.29, 1.82) is 0 Å². The molecule has 0 heterocycles. The molecule has 0 fully saturated rings. The largest absolute Gasteiger partial charge is 0.573 e. The standard InChI is InChI=1S/C12H16F3NO4S/c1-8(7-17)9(2)16-21(18,19)11-5-3-10(4-6-11)20-12(13,14)15/h3-6,8-9,16-17H,7H2,1-2H3. The van der Waals surface area contributed by atoms with Crippen LogP contribution < -0.4 is 9.46 Å². The van der Waals surface area contributed by atoms with Crippen molar-refractivity contribution < 1.29 is 31.4 Å². The molecule has 21 heavy (non-hydrogen) atoms. The van der Waals surface area contributed by atoms with Crippen molar-refractivity contribution in [3.63, 3.8) is 0 Å². The number of ether oxygens (including phenoxy) is 1. The third kappa shape index (κ3) is 5.52. The van der Waals surface area contributed by atoms with Gasteiger partial charge in [0.1, 0.15) is 5.75 Å². The summed E-state index contributed by atoms with van der Waals surface area (Å²) in [6, 6.07) is 3.34. The minimum Gasteiger partial charge on any atom is -0.406 e. The van der Waals surface area contributed by atoms with E-state index in [9.17, 15) is 21.6 Å². The summed E-state index contributed by atoms with van der Waals surface area (Å²) < 4.78 is 66.0. The van der Waals surface area contributed by atoms with Crippen LogP contribution in [0.25, 0.3) is 0 Å². The molecule has 2 atom stereocenters. The molecule has 0 aliphatic heterocycles. The molecule has 0 saturated heterocycles. The number of benzene rings is 1. The topological polar surface area (TPSA) is 75.6 Å². The van der Waals surface area contributed by atoms with Gasteiger partial charge in [0.05, 0.1) is 4.90 Å². The summed E-state index contributed by atoms with van der Waals surface area (Å²) in [5.74, 6) is -0.800. The molecule has 1 aromatic carbocycles. The van der Waals surface area contributed by atoms with Crippen LogP contribution in [-0.2, 0) is 10.0 Å². The number of nitrogens with one attached hydrogen (secondary N) is 1. The number of hydrogen-bond acceptors (Lipinski definition) is 4. The van der Waals surface area contributed by atoms with E-state index in [-0.39, 0.29) is 17.4 Å². The van der Waals surface area contributed by atoms with Crippen molar-refractivity contribution in [3.05, 3.63) is 24.3 Å². The summed E-state index contributed by atoms with van der Waals surface area (Å²) in [6.07, 6.45) is -4.83. The summed E-state index contributed by atoms with van der Waals surface area (Å²) in [5.41, 5.74) is 0. The Morgan fingerprint density at radius 1 is 1.24 bits per heavy atom. The molecule has 9 heteroatoms. The molecule has 2 unspecified atom stereocenters. The van der Waals surface area contributed by atoms with E-state index >= 15 is 0 Å². The van der Waals surface area contributed by atoms with E-state index in [2.05, 4.69) is 9.46 Å². The van der Waals surface area contributed by atoms with Crippen LogP contribution in [-0.4, -0.2) is 32.5 Å². The predicted molar refractivity (Wildman–Crippen MR) is 69.2 cm³/mol. The highest BCUT2D eigenvalue weighted by atomic mass is 32.2. The molecular formula is C12H16F3NO4S. The van der Waals surface area contributed by atoms with Crippen molar-refractivity contribution in [3.8, 4) is 5.75 Å². The lowest BCUT2D eigenvalue weighted by Crippen LogP contribution is -2.38. The van der Waals surface area contributed by atoms with Crippen LogP contribution in [0.1, 0.15) is 13.8 Å². The fourth-order valence-electron chi connectivity index (χ4n) is 1.41.